The number of aryl methyl sites for hydroxylation is 1. The number of sulfonamides is 1. The van der Waals surface area contributed by atoms with Gasteiger partial charge in [0.25, 0.3) is 0 Å². The number of hydrogen-bond acceptors (Lipinski definition) is 2. The Labute approximate surface area is 112 Å². The number of para-hydroxylation sites is 1. The molecule has 0 atom stereocenters. The van der Waals surface area contributed by atoms with E-state index in [0.29, 0.717) is 5.56 Å². The molecular weight excluding hydrogens is 265 g/mol. The lowest BCUT2D eigenvalue weighted by Crippen LogP contribution is -2.15. The molecule has 100 valence electrons. The van der Waals surface area contributed by atoms with Crippen molar-refractivity contribution in [3.63, 3.8) is 0 Å². The van der Waals surface area contributed by atoms with E-state index in [9.17, 15) is 12.8 Å². The number of halogens is 1. The number of benzene rings is 2. The smallest absolute Gasteiger partial charge is 0.237 e. The Morgan fingerprint density at radius 1 is 1.05 bits per heavy atom. The Hall–Kier alpha value is -1.88. The fourth-order valence-electron chi connectivity index (χ4n) is 1.65. The van der Waals surface area contributed by atoms with Crippen molar-refractivity contribution >= 4 is 15.7 Å². The maximum absolute atomic E-state index is 13.4. The van der Waals surface area contributed by atoms with Crippen LogP contribution < -0.4 is 4.72 Å². The highest BCUT2D eigenvalue weighted by atomic mass is 32.2. The maximum atomic E-state index is 13.4. The van der Waals surface area contributed by atoms with E-state index >= 15 is 0 Å². The van der Waals surface area contributed by atoms with E-state index in [2.05, 4.69) is 4.72 Å². The first-order valence-electron chi connectivity index (χ1n) is 5.77. The summed E-state index contributed by atoms with van der Waals surface area (Å²) in [5.74, 6) is -0.767. The standard InChI is InChI=1S/C14H14FNO2S/c1-11-6-8-12(9-7-11)10-19(17,18)16-14-5-3-2-4-13(14)15/h2-9,16H,10H2,1H3. The monoisotopic (exact) mass is 279 g/mol. The molecule has 0 bridgehead atoms. The van der Waals surface area contributed by atoms with E-state index in [0.717, 1.165) is 5.56 Å². The third kappa shape index (κ3) is 3.79. The van der Waals surface area contributed by atoms with Gasteiger partial charge < -0.3 is 0 Å². The minimum Gasteiger partial charge on any atom is -0.280 e. The molecule has 0 aliphatic heterocycles. The van der Waals surface area contributed by atoms with Gasteiger partial charge in [-0.25, -0.2) is 12.8 Å². The zero-order valence-corrected chi connectivity index (χ0v) is 11.2. The highest BCUT2D eigenvalue weighted by Gasteiger charge is 2.13. The molecule has 2 rings (SSSR count). The molecule has 0 amide bonds. The molecule has 1 N–H and O–H groups in total. The van der Waals surface area contributed by atoms with Crippen molar-refractivity contribution in [1.82, 2.24) is 0 Å². The van der Waals surface area contributed by atoms with Crippen LogP contribution in [0, 0.1) is 12.7 Å². The molecule has 0 unspecified atom stereocenters. The summed E-state index contributed by atoms with van der Waals surface area (Å²) in [6.45, 7) is 1.93. The molecule has 0 aliphatic rings. The lowest BCUT2D eigenvalue weighted by atomic mass is 10.2. The van der Waals surface area contributed by atoms with Crippen LogP contribution in [-0.4, -0.2) is 8.42 Å². The van der Waals surface area contributed by atoms with Gasteiger partial charge >= 0.3 is 0 Å². The van der Waals surface area contributed by atoms with Gasteiger partial charge in [0.2, 0.25) is 10.0 Å². The lowest BCUT2D eigenvalue weighted by Gasteiger charge is -2.09. The van der Waals surface area contributed by atoms with Gasteiger partial charge in [-0.15, -0.1) is 0 Å². The number of rotatable bonds is 4. The van der Waals surface area contributed by atoms with Crippen LogP contribution in [0.1, 0.15) is 11.1 Å². The van der Waals surface area contributed by atoms with Gasteiger partial charge in [0.05, 0.1) is 11.4 Å². The van der Waals surface area contributed by atoms with Crippen LogP contribution in [0.3, 0.4) is 0 Å². The summed E-state index contributed by atoms with van der Waals surface area (Å²) >= 11 is 0. The number of hydrogen-bond donors (Lipinski definition) is 1. The summed E-state index contributed by atoms with van der Waals surface area (Å²) < 4.78 is 39.5. The summed E-state index contributed by atoms with van der Waals surface area (Å²) in [6.07, 6.45) is 0. The van der Waals surface area contributed by atoms with Gasteiger partial charge in [0, 0.05) is 0 Å². The Morgan fingerprint density at radius 2 is 1.68 bits per heavy atom. The van der Waals surface area contributed by atoms with Gasteiger partial charge in [-0.3, -0.25) is 4.72 Å². The number of nitrogens with one attached hydrogen (secondary N) is 1. The van der Waals surface area contributed by atoms with E-state index < -0.39 is 15.8 Å². The molecule has 0 aromatic heterocycles. The molecule has 2 aromatic rings. The second-order valence-electron chi connectivity index (χ2n) is 4.33. The zero-order chi connectivity index (χ0) is 13.9. The first kappa shape index (κ1) is 13.5. The third-order valence-electron chi connectivity index (χ3n) is 2.62. The van der Waals surface area contributed by atoms with Gasteiger partial charge in [-0.2, -0.15) is 0 Å². The fraction of sp³-hybridized carbons (Fsp3) is 0.143. The molecule has 2 aromatic carbocycles. The van der Waals surface area contributed by atoms with Crippen LogP contribution >= 0.6 is 0 Å². The van der Waals surface area contributed by atoms with Crippen molar-refractivity contribution in [2.24, 2.45) is 0 Å². The van der Waals surface area contributed by atoms with Gasteiger partial charge in [0.1, 0.15) is 5.82 Å². The van der Waals surface area contributed by atoms with E-state index in [1.807, 2.05) is 19.1 Å². The molecular formula is C14H14FNO2S. The average Bonchev–Trinajstić information content (AvgIpc) is 2.35. The van der Waals surface area contributed by atoms with Crippen molar-refractivity contribution in [3.8, 4) is 0 Å². The van der Waals surface area contributed by atoms with E-state index in [1.165, 1.54) is 18.2 Å². The molecule has 0 heterocycles. The zero-order valence-electron chi connectivity index (χ0n) is 10.4. The van der Waals surface area contributed by atoms with Gasteiger partial charge in [-0.05, 0) is 24.6 Å². The predicted molar refractivity (Wildman–Crippen MR) is 73.8 cm³/mol. The van der Waals surface area contributed by atoms with E-state index in [1.54, 1.807) is 18.2 Å². The van der Waals surface area contributed by atoms with Crippen molar-refractivity contribution < 1.29 is 12.8 Å². The minimum atomic E-state index is -3.61. The fourth-order valence-corrected chi connectivity index (χ4v) is 2.86. The van der Waals surface area contributed by atoms with Crippen LogP contribution in [0.2, 0.25) is 0 Å². The quantitative estimate of drug-likeness (QED) is 0.935. The second kappa shape index (κ2) is 5.40. The lowest BCUT2D eigenvalue weighted by molar-refractivity contribution is 0.598. The van der Waals surface area contributed by atoms with Crippen LogP contribution in [0.25, 0.3) is 0 Å². The van der Waals surface area contributed by atoms with Crippen LogP contribution in [0.4, 0.5) is 10.1 Å². The van der Waals surface area contributed by atoms with E-state index in [4.69, 9.17) is 0 Å². The summed E-state index contributed by atoms with van der Waals surface area (Å²) in [7, 11) is -3.61. The number of anilines is 1. The van der Waals surface area contributed by atoms with Gasteiger partial charge in [0.15, 0.2) is 0 Å². The van der Waals surface area contributed by atoms with Crippen LogP contribution in [0.5, 0.6) is 0 Å². The first-order chi connectivity index (χ1) is 8.96. The maximum Gasteiger partial charge on any atom is 0.237 e. The topological polar surface area (TPSA) is 46.2 Å². The normalized spacial score (nSPS) is 11.3. The third-order valence-corrected chi connectivity index (χ3v) is 3.86. The van der Waals surface area contributed by atoms with Crippen LogP contribution in [0.15, 0.2) is 48.5 Å². The predicted octanol–water partition coefficient (Wildman–Crippen LogP) is 3.08. The summed E-state index contributed by atoms with van der Waals surface area (Å²) in [4.78, 5) is 0. The highest BCUT2D eigenvalue weighted by Crippen LogP contribution is 2.16. The van der Waals surface area contributed by atoms with Crippen molar-refractivity contribution in [2.75, 3.05) is 4.72 Å². The largest absolute Gasteiger partial charge is 0.280 e. The Morgan fingerprint density at radius 3 is 2.32 bits per heavy atom. The van der Waals surface area contributed by atoms with Gasteiger partial charge in [-0.1, -0.05) is 42.0 Å². The van der Waals surface area contributed by atoms with Crippen molar-refractivity contribution in [2.45, 2.75) is 12.7 Å². The molecule has 0 fully saturated rings. The average molecular weight is 279 g/mol. The Kier molecular flexibility index (Phi) is 3.85. The summed E-state index contributed by atoms with van der Waals surface area (Å²) in [5, 5.41) is 0. The molecule has 0 saturated carbocycles. The molecule has 0 spiro atoms. The highest BCUT2D eigenvalue weighted by molar-refractivity contribution is 7.91. The molecule has 19 heavy (non-hydrogen) atoms. The molecule has 5 heteroatoms. The Balaban J connectivity index is 2.15. The first-order valence-corrected chi connectivity index (χ1v) is 7.42. The summed E-state index contributed by atoms with van der Waals surface area (Å²) in [5.41, 5.74) is 1.69. The minimum absolute atomic E-state index is 0.0328. The van der Waals surface area contributed by atoms with Crippen molar-refractivity contribution in [3.05, 3.63) is 65.5 Å². The van der Waals surface area contributed by atoms with Crippen molar-refractivity contribution in [1.29, 1.82) is 0 Å². The van der Waals surface area contributed by atoms with E-state index in [-0.39, 0.29) is 11.4 Å². The molecule has 3 nitrogen and oxygen atoms in total. The Bertz CT molecular complexity index is 666. The molecule has 0 radical (unpaired) electrons. The summed E-state index contributed by atoms with van der Waals surface area (Å²) in [6, 6.07) is 12.9. The van der Waals surface area contributed by atoms with Crippen LogP contribution in [-0.2, 0) is 15.8 Å². The SMILES string of the molecule is Cc1ccc(CS(=O)(=O)Nc2ccccc2F)cc1. The molecule has 0 aliphatic carbocycles. The second-order valence-corrected chi connectivity index (χ2v) is 6.05. The molecule has 0 saturated heterocycles.